The number of hydrogen-bond donors (Lipinski definition) is 0. The molecule has 1 aliphatic carbocycles. The maximum atomic E-state index is 14.3. The second-order valence-electron chi connectivity index (χ2n) is 9.75. The van der Waals surface area contributed by atoms with Gasteiger partial charge in [-0.1, -0.05) is 6.92 Å². The average Bonchev–Trinajstić information content (AvgIpc) is 3.73. The van der Waals surface area contributed by atoms with E-state index in [4.69, 9.17) is 6.57 Å². The molecule has 1 saturated carbocycles. The summed E-state index contributed by atoms with van der Waals surface area (Å²) in [4.78, 5) is 40.2. The second kappa shape index (κ2) is 8.86. The molecule has 178 valence electrons. The van der Waals surface area contributed by atoms with Gasteiger partial charge in [0, 0.05) is 76.0 Å². The van der Waals surface area contributed by atoms with E-state index in [1.165, 1.54) is 12.1 Å². The van der Waals surface area contributed by atoms with Crippen LogP contribution in [0.1, 0.15) is 49.4 Å². The fourth-order valence-corrected chi connectivity index (χ4v) is 5.23. The summed E-state index contributed by atoms with van der Waals surface area (Å²) in [6, 6.07) is 4.48. The molecular formula is C26H30FN5O2. The first-order chi connectivity index (χ1) is 16.4. The van der Waals surface area contributed by atoms with Gasteiger partial charge in [0.25, 0.3) is 5.91 Å². The Bertz CT molecular complexity index is 1160. The fraction of sp³-hybridized carbons (Fsp3) is 0.538. The third-order valence-electron chi connectivity index (χ3n) is 7.74. The number of carbonyl (C=O) groups excluding carboxylic acids is 2. The number of piperidine rings is 1. The highest BCUT2D eigenvalue weighted by Gasteiger charge is 2.40. The largest absolute Gasteiger partial charge is 0.370 e. The molecule has 1 aromatic carbocycles. The van der Waals surface area contributed by atoms with Gasteiger partial charge in [0.05, 0.1) is 16.8 Å². The lowest BCUT2D eigenvalue weighted by molar-refractivity contribution is -0.134. The number of fused-ring (bicyclic) bond motifs is 1. The highest BCUT2D eigenvalue weighted by molar-refractivity contribution is 6.07. The summed E-state index contributed by atoms with van der Waals surface area (Å²) in [6.45, 7) is 13.0. The smallest absolute Gasteiger partial charge is 0.257 e. The van der Waals surface area contributed by atoms with Crippen molar-refractivity contribution in [1.29, 1.82) is 0 Å². The van der Waals surface area contributed by atoms with Gasteiger partial charge in [-0.15, -0.1) is 0 Å². The molecule has 7 nitrogen and oxygen atoms in total. The SMILES string of the molecule is [C-]#[N+]C1(CC)CCN(c2c(C(=O)N3CCN(C(=O)C4CC4)CC3)cnc3ccc(F)cc23)CC1. The lowest BCUT2D eigenvalue weighted by Gasteiger charge is -2.38. The Morgan fingerprint density at radius 3 is 2.41 bits per heavy atom. The molecule has 3 heterocycles. The Balaban J connectivity index is 1.44. The summed E-state index contributed by atoms with van der Waals surface area (Å²) >= 11 is 0. The first-order valence-corrected chi connectivity index (χ1v) is 12.2. The minimum absolute atomic E-state index is 0.135. The standard InChI is InChI=1S/C26H30FN5O2/c1-3-26(28-2)8-10-30(11-9-26)23-20-16-19(27)6-7-22(20)29-17-21(23)25(34)32-14-12-31(13-15-32)24(33)18-4-5-18/h6-7,16-18H,3-5,8-15H2,1H3. The van der Waals surface area contributed by atoms with Crippen LogP contribution in [0.4, 0.5) is 10.1 Å². The normalized spacial score (nSPS) is 20.3. The number of piperazine rings is 1. The van der Waals surface area contributed by atoms with E-state index < -0.39 is 0 Å². The summed E-state index contributed by atoms with van der Waals surface area (Å²) in [6.07, 6.45) is 5.78. The average molecular weight is 464 g/mol. The highest BCUT2D eigenvalue weighted by Crippen LogP contribution is 2.37. The van der Waals surface area contributed by atoms with Gasteiger partial charge in [0.2, 0.25) is 11.4 Å². The van der Waals surface area contributed by atoms with Crippen LogP contribution in [0.3, 0.4) is 0 Å². The third kappa shape index (κ3) is 4.08. The second-order valence-corrected chi connectivity index (χ2v) is 9.75. The molecule has 0 N–H and O–H groups in total. The maximum absolute atomic E-state index is 14.3. The van der Waals surface area contributed by atoms with Crippen LogP contribution >= 0.6 is 0 Å². The molecule has 0 atom stereocenters. The lowest BCUT2D eigenvalue weighted by atomic mass is 9.85. The van der Waals surface area contributed by atoms with Gasteiger partial charge in [0.1, 0.15) is 5.82 Å². The molecule has 0 spiro atoms. The van der Waals surface area contributed by atoms with Crippen molar-refractivity contribution in [3.8, 4) is 0 Å². The minimum atomic E-state index is -0.367. The van der Waals surface area contributed by atoms with E-state index in [1.54, 1.807) is 17.2 Å². The van der Waals surface area contributed by atoms with Crippen LogP contribution in [0.25, 0.3) is 15.7 Å². The van der Waals surface area contributed by atoms with Gasteiger partial charge in [0.15, 0.2) is 0 Å². The van der Waals surface area contributed by atoms with Gasteiger partial charge < -0.3 is 19.5 Å². The van der Waals surface area contributed by atoms with Crippen molar-refractivity contribution in [3.63, 3.8) is 0 Å². The van der Waals surface area contributed by atoms with Crippen LogP contribution in [-0.2, 0) is 4.79 Å². The van der Waals surface area contributed by atoms with E-state index >= 15 is 0 Å². The van der Waals surface area contributed by atoms with Crippen molar-refractivity contribution in [2.24, 2.45) is 5.92 Å². The van der Waals surface area contributed by atoms with Gasteiger partial charge >= 0.3 is 0 Å². The predicted octanol–water partition coefficient (Wildman–Crippen LogP) is 3.74. The zero-order valence-electron chi connectivity index (χ0n) is 19.6. The van der Waals surface area contributed by atoms with Crippen LogP contribution in [0.2, 0.25) is 0 Å². The Morgan fingerprint density at radius 1 is 1.12 bits per heavy atom. The summed E-state index contributed by atoms with van der Waals surface area (Å²) < 4.78 is 14.3. The summed E-state index contributed by atoms with van der Waals surface area (Å²) in [5.74, 6) is -0.112. The monoisotopic (exact) mass is 463 g/mol. The zero-order chi connectivity index (χ0) is 23.9. The van der Waals surface area contributed by atoms with Crippen molar-refractivity contribution in [2.75, 3.05) is 44.2 Å². The van der Waals surface area contributed by atoms with Crippen molar-refractivity contribution >= 4 is 28.4 Å². The molecule has 2 saturated heterocycles. The molecule has 8 heteroatoms. The number of nitrogens with zero attached hydrogens (tertiary/aromatic N) is 5. The van der Waals surface area contributed by atoms with E-state index in [0.29, 0.717) is 74.3 Å². The van der Waals surface area contributed by atoms with E-state index in [9.17, 15) is 14.0 Å². The number of anilines is 1. The number of pyridine rings is 1. The number of benzene rings is 1. The molecule has 34 heavy (non-hydrogen) atoms. The Morgan fingerprint density at radius 2 is 1.79 bits per heavy atom. The number of rotatable bonds is 4. The minimum Gasteiger partial charge on any atom is -0.370 e. The van der Waals surface area contributed by atoms with Gasteiger partial charge in [-0.05, 0) is 31.0 Å². The number of amides is 2. The molecule has 0 radical (unpaired) electrons. The molecule has 2 amide bonds. The Kier molecular flexibility index (Phi) is 5.88. The third-order valence-corrected chi connectivity index (χ3v) is 7.74. The molecule has 3 fully saturated rings. The van der Waals surface area contributed by atoms with Crippen LogP contribution in [0.15, 0.2) is 24.4 Å². The summed E-state index contributed by atoms with van der Waals surface area (Å²) in [5.41, 5.74) is 1.46. The molecular weight excluding hydrogens is 433 g/mol. The zero-order valence-corrected chi connectivity index (χ0v) is 19.6. The number of halogens is 1. The molecule has 0 bridgehead atoms. The van der Waals surface area contributed by atoms with Gasteiger partial charge in [-0.3, -0.25) is 14.6 Å². The van der Waals surface area contributed by atoms with Gasteiger partial charge in [-0.25, -0.2) is 11.0 Å². The van der Waals surface area contributed by atoms with Crippen molar-refractivity contribution < 1.29 is 14.0 Å². The quantitative estimate of drug-likeness (QED) is 0.649. The fourth-order valence-electron chi connectivity index (χ4n) is 5.23. The topological polar surface area (TPSA) is 61.1 Å². The molecule has 1 aromatic heterocycles. The lowest BCUT2D eigenvalue weighted by Crippen LogP contribution is -2.51. The number of carbonyl (C=O) groups is 2. The van der Waals surface area contributed by atoms with Crippen LogP contribution in [-0.4, -0.2) is 71.4 Å². The van der Waals surface area contributed by atoms with Crippen LogP contribution in [0, 0.1) is 18.3 Å². The van der Waals surface area contributed by atoms with E-state index in [-0.39, 0.29) is 29.1 Å². The summed E-state index contributed by atoms with van der Waals surface area (Å²) in [5, 5.41) is 0.625. The first kappa shape index (κ1) is 22.6. The summed E-state index contributed by atoms with van der Waals surface area (Å²) in [7, 11) is 0. The number of hydrogen-bond acceptors (Lipinski definition) is 4. The molecule has 5 rings (SSSR count). The number of aromatic nitrogens is 1. The van der Waals surface area contributed by atoms with E-state index in [0.717, 1.165) is 19.3 Å². The van der Waals surface area contributed by atoms with Gasteiger partial charge in [-0.2, -0.15) is 0 Å². The molecule has 2 aliphatic heterocycles. The Labute approximate surface area is 199 Å². The van der Waals surface area contributed by atoms with E-state index in [1.807, 2.05) is 11.8 Å². The van der Waals surface area contributed by atoms with Crippen LogP contribution < -0.4 is 4.90 Å². The Hall–Kier alpha value is -3.21. The molecule has 3 aliphatic rings. The first-order valence-electron chi connectivity index (χ1n) is 12.2. The maximum Gasteiger partial charge on any atom is 0.257 e. The van der Waals surface area contributed by atoms with Crippen molar-refractivity contribution in [3.05, 3.63) is 47.2 Å². The molecule has 2 aromatic rings. The van der Waals surface area contributed by atoms with E-state index in [2.05, 4.69) is 14.7 Å². The van der Waals surface area contributed by atoms with Crippen molar-refractivity contribution in [1.82, 2.24) is 14.8 Å². The molecule has 0 unspecified atom stereocenters. The van der Waals surface area contributed by atoms with Crippen molar-refractivity contribution in [2.45, 2.75) is 44.6 Å². The van der Waals surface area contributed by atoms with Crippen LogP contribution in [0.5, 0.6) is 0 Å². The highest BCUT2D eigenvalue weighted by atomic mass is 19.1. The predicted molar refractivity (Wildman–Crippen MR) is 128 cm³/mol.